The third-order valence-electron chi connectivity index (χ3n) is 6.05. The third kappa shape index (κ3) is 6.14. The van der Waals surface area contributed by atoms with E-state index in [9.17, 15) is 20.1 Å². The van der Waals surface area contributed by atoms with Crippen molar-refractivity contribution in [2.75, 3.05) is 6.61 Å². The van der Waals surface area contributed by atoms with Crippen LogP contribution in [0.4, 0.5) is 0 Å². The molecule has 7 heteroatoms. The number of ether oxygens (including phenoxy) is 2. The molecule has 1 unspecified atom stereocenters. The van der Waals surface area contributed by atoms with Crippen LogP contribution in [0.5, 0.6) is 0 Å². The first kappa shape index (κ1) is 23.9. The van der Waals surface area contributed by atoms with E-state index in [0.717, 1.165) is 56.0 Å². The van der Waals surface area contributed by atoms with Crippen LogP contribution in [0.25, 0.3) is 10.9 Å². The number of aliphatic hydroxyl groups is 3. The van der Waals surface area contributed by atoms with Crippen LogP contribution < -0.4 is 5.43 Å². The molecule has 1 aromatic carbocycles. The van der Waals surface area contributed by atoms with Crippen molar-refractivity contribution in [3.63, 3.8) is 0 Å². The summed E-state index contributed by atoms with van der Waals surface area (Å²) in [6.45, 7) is 3.19. The highest BCUT2D eigenvalue weighted by atomic mass is 16.6. The maximum atomic E-state index is 11.9. The topological polar surface area (TPSA) is 101 Å². The van der Waals surface area contributed by atoms with Crippen LogP contribution in [0.1, 0.15) is 51.9 Å². The molecule has 7 nitrogen and oxygen atoms in total. The standard InChI is InChI=1S/C24H35NO6/c1-2-20-21(27)23(22(28)24(29)31-20)30-16-10-6-4-3-5-9-14-25-15-13-19(26)17-11-7-8-12-18(17)25/h7-8,11-13,15,20-24,27-29H,2-6,9-10,14,16H2,1H3/t20-,21-,22-,23+,24?/m1/s1. The van der Waals surface area contributed by atoms with Gasteiger partial charge in [-0.05, 0) is 31.4 Å². The Labute approximate surface area is 183 Å². The summed E-state index contributed by atoms with van der Waals surface area (Å²) in [6.07, 6.45) is 3.82. The van der Waals surface area contributed by atoms with E-state index in [4.69, 9.17) is 9.47 Å². The number of benzene rings is 1. The Morgan fingerprint density at radius 1 is 0.968 bits per heavy atom. The lowest BCUT2D eigenvalue weighted by Crippen LogP contribution is -2.58. The monoisotopic (exact) mass is 433 g/mol. The van der Waals surface area contributed by atoms with E-state index in [-0.39, 0.29) is 5.43 Å². The lowest BCUT2D eigenvalue weighted by atomic mass is 9.97. The van der Waals surface area contributed by atoms with Gasteiger partial charge in [0.1, 0.15) is 18.3 Å². The molecule has 1 aliphatic heterocycles. The molecule has 172 valence electrons. The van der Waals surface area contributed by atoms with Crippen molar-refractivity contribution in [3.05, 3.63) is 46.8 Å². The number of hydrogen-bond donors (Lipinski definition) is 3. The summed E-state index contributed by atoms with van der Waals surface area (Å²) in [7, 11) is 0. The predicted octanol–water partition coefficient (Wildman–Crippen LogP) is 2.58. The van der Waals surface area contributed by atoms with Crippen molar-refractivity contribution in [2.24, 2.45) is 0 Å². The van der Waals surface area contributed by atoms with E-state index in [1.165, 1.54) is 0 Å². The molecule has 3 N–H and O–H groups in total. The van der Waals surface area contributed by atoms with E-state index >= 15 is 0 Å². The van der Waals surface area contributed by atoms with E-state index in [0.29, 0.717) is 13.0 Å². The first-order valence-corrected chi connectivity index (χ1v) is 11.4. The van der Waals surface area contributed by atoms with Crippen LogP contribution in [0, 0.1) is 0 Å². The van der Waals surface area contributed by atoms with Gasteiger partial charge in [0.15, 0.2) is 11.7 Å². The average Bonchev–Trinajstić information content (AvgIpc) is 2.78. The second kappa shape index (κ2) is 11.7. The maximum absolute atomic E-state index is 11.9. The fourth-order valence-electron chi connectivity index (χ4n) is 4.22. The van der Waals surface area contributed by atoms with Crippen molar-refractivity contribution in [1.29, 1.82) is 0 Å². The number of hydrogen-bond acceptors (Lipinski definition) is 6. The molecule has 0 spiro atoms. The number of aryl methyl sites for hydroxylation is 1. The average molecular weight is 434 g/mol. The number of para-hydroxylation sites is 1. The van der Waals surface area contributed by atoms with E-state index in [2.05, 4.69) is 4.57 Å². The number of aliphatic hydroxyl groups excluding tert-OH is 3. The lowest BCUT2D eigenvalue weighted by molar-refractivity contribution is -0.290. The van der Waals surface area contributed by atoms with Gasteiger partial charge in [-0.2, -0.15) is 0 Å². The molecule has 2 aromatic rings. The first-order chi connectivity index (χ1) is 15.0. The largest absolute Gasteiger partial charge is 0.388 e. The van der Waals surface area contributed by atoms with Crippen molar-refractivity contribution in [3.8, 4) is 0 Å². The molecule has 3 rings (SSSR count). The third-order valence-corrected chi connectivity index (χ3v) is 6.05. The minimum absolute atomic E-state index is 0.0644. The first-order valence-electron chi connectivity index (χ1n) is 11.4. The summed E-state index contributed by atoms with van der Waals surface area (Å²) in [5.74, 6) is 0. The van der Waals surface area contributed by atoms with Crippen LogP contribution in [0.15, 0.2) is 41.3 Å². The fourth-order valence-corrected chi connectivity index (χ4v) is 4.22. The van der Waals surface area contributed by atoms with Gasteiger partial charge in [-0.25, -0.2) is 0 Å². The maximum Gasteiger partial charge on any atom is 0.189 e. The zero-order chi connectivity index (χ0) is 22.2. The summed E-state index contributed by atoms with van der Waals surface area (Å²) in [5, 5.41) is 30.8. The Morgan fingerprint density at radius 3 is 2.45 bits per heavy atom. The summed E-state index contributed by atoms with van der Waals surface area (Å²) in [4.78, 5) is 11.9. The van der Waals surface area contributed by atoms with Gasteiger partial charge in [-0.1, -0.05) is 44.7 Å². The van der Waals surface area contributed by atoms with Crippen LogP contribution in [-0.2, 0) is 16.0 Å². The van der Waals surface area contributed by atoms with Gasteiger partial charge in [0.05, 0.1) is 11.6 Å². The van der Waals surface area contributed by atoms with Gasteiger partial charge in [0.25, 0.3) is 0 Å². The molecule has 0 bridgehead atoms. The minimum atomic E-state index is -1.32. The van der Waals surface area contributed by atoms with E-state index in [1.807, 2.05) is 37.4 Å². The van der Waals surface area contributed by atoms with Crippen LogP contribution in [0.3, 0.4) is 0 Å². The molecule has 2 heterocycles. The quantitative estimate of drug-likeness (QED) is 0.471. The summed E-state index contributed by atoms with van der Waals surface area (Å²) in [5.41, 5.74) is 1.05. The number of aromatic nitrogens is 1. The molecule has 0 amide bonds. The highest BCUT2D eigenvalue weighted by molar-refractivity contribution is 5.78. The molecule has 0 radical (unpaired) electrons. The normalized spacial score (nSPS) is 26.4. The minimum Gasteiger partial charge on any atom is -0.388 e. The highest BCUT2D eigenvalue weighted by Crippen LogP contribution is 2.24. The number of nitrogens with zero attached hydrogens (tertiary/aromatic N) is 1. The van der Waals surface area contributed by atoms with E-state index in [1.54, 1.807) is 6.07 Å². The summed E-state index contributed by atoms with van der Waals surface area (Å²) < 4.78 is 13.0. The van der Waals surface area contributed by atoms with E-state index < -0.39 is 30.7 Å². The molecular formula is C24H35NO6. The molecular weight excluding hydrogens is 398 g/mol. The number of fused-ring (bicyclic) bond motifs is 1. The van der Waals surface area contributed by atoms with Gasteiger partial charge < -0.3 is 29.4 Å². The van der Waals surface area contributed by atoms with Gasteiger partial charge in [0.2, 0.25) is 0 Å². The fraction of sp³-hybridized carbons (Fsp3) is 0.625. The highest BCUT2D eigenvalue weighted by Gasteiger charge is 2.43. The molecule has 0 saturated carbocycles. The van der Waals surface area contributed by atoms with Crippen molar-refractivity contribution in [2.45, 2.75) is 89.1 Å². The number of pyridine rings is 1. The summed E-state index contributed by atoms with van der Waals surface area (Å²) in [6, 6.07) is 9.35. The second-order valence-corrected chi connectivity index (χ2v) is 8.30. The zero-order valence-corrected chi connectivity index (χ0v) is 18.2. The zero-order valence-electron chi connectivity index (χ0n) is 18.2. The van der Waals surface area contributed by atoms with Gasteiger partial charge in [-0.15, -0.1) is 0 Å². The number of unbranched alkanes of at least 4 members (excludes halogenated alkanes) is 5. The van der Waals surface area contributed by atoms with Crippen molar-refractivity contribution >= 4 is 10.9 Å². The number of rotatable bonds is 11. The molecule has 31 heavy (non-hydrogen) atoms. The Hall–Kier alpha value is -1.77. The van der Waals surface area contributed by atoms with Gasteiger partial charge >= 0.3 is 0 Å². The Bertz CT molecular complexity index is 869. The SMILES string of the molecule is CC[C@H]1OC(O)[C@H](O)[C@@H](OCCCCCCCCn2ccc(=O)c3ccccc32)[C@@H]1O. The molecule has 0 aliphatic carbocycles. The lowest BCUT2D eigenvalue weighted by Gasteiger charge is -2.40. The molecule has 1 aliphatic rings. The summed E-state index contributed by atoms with van der Waals surface area (Å²) >= 11 is 0. The molecule has 1 aromatic heterocycles. The Kier molecular flexibility index (Phi) is 9.04. The van der Waals surface area contributed by atoms with Crippen molar-refractivity contribution < 1.29 is 24.8 Å². The van der Waals surface area contributed by atoms with Crippen molar-refractivity contribution in [1.82, 2.24) is 4.57 Å². The molecule has 1 fully saturated rings. The predicted molar refractivity (Wildman–Crippen MR) is 119 cm³/mol. The van der Waals surface area contributed by atoms with Gasteiger partial charge in [0, 0.05) is 30.8 Å². The van der Waals surface area contributed by atoms with Crippen LogP contribution in [0.2, 0.25) is 0 Å². The van der Waals surface area contributed by atoms with Crippen LogP contribution >= 0.6 is 0 Å². The smallest absolute Gasteiger partial charge is 0.189 e. The second-order valence-electron chi connectivity index (χ2n) is 8.30. The Morgan fingerprint density at radius 2 is 1.68 bits per heavy atom. The Balaban J connectivity index is 1.30. The van der Waals surface area contributed by atoms with Crippen LogP contribution in [-0.4, -0.2) is 57.2 Å². The molecule has 1 saturated heterocycles. The van der Waals surface area contributed by atoms with Gasteiger partial charge in [-0.3, -0.25) is 4.79 Å². The molecule has 5 atom stereocenters.